The molecule has 1 aliphatic rings. The van der Waals surface area contributed by atoms with Gasteiger partial charge in [0.1, 0.15) is 0 Å². The van der Waals surface area contributed by atoms with E-state index in [0.717, 1.165) is 0 Å². The summed E-state index contributed by atoms with van der Waals surface area (Å²) in [5, 5.41) is 2.15. The van der Waals surface area contributed by atoms with Crippen LogP contribution in [0.4, 0.5) is 5.13 Å². The normalized spacial score (nSPS) is 19.8. The lowest BCUT2D eigenvalue weighted by molar-refractivity contribution is -0.117. The Morgan fingerprint density at radius 3 is 3.12 bits per heavy atom. The number of carbonyl (C=O) groups is 2. The molecule has 1 aromatic heterocycles. The molecule has 0 saturated carbocycles. The van der Waals surface area contributed by atoms with Gasteiger partial charge in [0.15, 0.2) is 10.8 Å². The minimum absolute atomic E-state index is 0.0369. The molecule has 1 atom stereocenters. The van der Waals surface area contributed by atoms with E-state index < -0.39 is 5.97 Å². The van der Waals surface area contributed by atoms with Gasteiger partial charge in [-0.05, 0) is 11.7 Å². The number of aromatic nitrogens is 1. The lowest BCUT2D eigenvalue weighted by atomic mass is 10.1. The minimum Gasteiger partial charge on any atom is -0.464 e. The first kappa shape index (κ1) is 12.4. The number of hydrogen-bond acceptors (Lipinski definition) is 6. The van der Waals surface area contributed by atoms with Crippen LogP contribution in [0.25, 0.3) is 0 Å². The van der Waals surface area contributed by atoms with Gasteiger partial charge >= 0.3 is 5.97 Å². The van der Waals surface area contributed by atoms with Crippen molar-refractivity contribution >= 4 is 41.0 Å². The van der Waals surface area contributed by atoms with E-state index in [2.05, 4.69) is 22.3 Å². The van der Waals surface area contributed by atoms with E-state index in [4.69, 9.17) is 0 Å². The van der Waals surface area contributed by atoms with E-state index in [1.807, 2.05) is 0 Å². The summed E-state index contributed by atoms with van der Waals surface area (Å²) in [5.41, 5.74) is 0.245. The van der Waals surface area contributed by atoms with E-state index in [9.17, 15) is 9.59 Å². The molecule has 7 heteroatoms. The van der Waals surface area contributed by atoms with Gasteiger partial charge in [0.25, 0.3) is 0 Å². The second-order valence-electron chi connectivity index (χ2n) is 3.76. The average Bonchev–Trinajstić information content (AvgIpc) is 2.94. The number of thiol groups is 1. The van der Waals surface area contributed by atoms with Crippen molar-refractivity contribution in [3.8, 4) is 0 Å². The fourth-order valence-electron chi connectivity index (χ4n) is 1.68. The van der Waals surface area contributed by atoms with Gasteiger partial charge in [-0.3, -0.25) is 9.69 Å². The zero-order chi connectivity index (χ0) is 12.4. The van der Waals surface area contributed by atoms with Crippen LogP contribution < -0.4 is 4.90 Å². The molecule has 0 aliphatic carbocycles. The Morgan fingerprint density at radius 2 is 2.53 bits per heavy atom. The molecule has 5 nitrogen and oxygen atoms in total. The predicted octanol–water partition coefficient (Wildman–Crippen LogP) is 1.21. The number of nitrogens with zero attached hydrogens (tertiary/aromatic N) is 2. The van der Waals surface area contributed by atoms with E-state index >= 15 is 0 Å². The SMILES string of the molecule is COC(=O)c1csc(N2CC(CS)CC2=O)n1. The van der Waals surface area contributed by atoms with E-state index in [1.54, 1.807) is 10.3 Å². The van der Waals surface area contributed by atoms with Crippen molar-refractivity contribution in [1.82, 2.24) is 4.98 Å². The highest BCUT2D eigenvalue weighted by molar-refractivity contribution is 7.80. The Bertz CT molecular complexity index is 447. The molecule has 1 unspecified atom stereocenters. The number of rotatable bonds is 3. The predicted molar refractivity (Wildman–Crippen MR) is 67.8 cm³/mol. The highest BCUT2D eigenvalue weighted by atomic mass is 32.1. The van der Waals surface area contributed by atoms with Crippen LogP contribution in [-0.4, -0.2) is 36.3 Å². The number of hydrogen-bond donors (Lipinski definition) is 1. The zero-order valence-corrected chi connectivity index (χ0v) is 11.0. The number of anilines is 1. The number of methoxy groups -OCH3 is 1. The monoisotopic (exact) mass is 272 g/mol. The maximum atomic E-state index is 11.7. The summed E-state index contributed by atoms with van der Waals surface area (Å²) >= 11 is 5.47. The number of ether oxygens (including phenoxy) is 1. The van der Waals surface area contributed by atoms with Crippen molar-refractivity contribution in [3.63, 3.8) is 0 Å². The number of esters is 1. The third kappa shape index (κ3) is 2.44. The summed E-state index contributed by atoms with van der Waals surface area (Å²) in [4.78, 5) is 28.7. The maximum Gasteiger partial charge on any atom is 0.357 e. The van der Waals surface area contributed by atoms with Gasteiger partial charge in [-0.2, -0.15) is 12.6 Å². The molecule has 2 rings (SSSR count). The fraction of sp³-hybridized carbons (Fsp3) is 0.500. The van der Waals surface area contributed by atoms with Crippen LogP contribution in [0.5, 0.6) is 0 Å². The fourth-order valence-corrected chi connectivity index (χ4v) is 2.74. The zero-order valence-electron chi connectivity index (χ0n) is 9.25. The third-order valence-corrected chi connectivity index (χ3v) is 3.96. The molecule has 1 aliphatic heterocycles. The molecular formula is C10H12N2O3S2. The van der Waals surface area contributed by atoms with Crippen molar-refractivity contribution in [2.75, 3.05) is 24.3 Å². The lowest BCUT2D eigenvalue weighted by Gasteiger charge is -2.11. The number of thiazole rings is 1. The molecule has 0 spiro atoms. The number of carbonyl (C=O) groups excluding carboxylic acids is 2. The summed E-state index contributed by atoms with van der Waals surface area (Å²) in [6, 6.07) is 0. The van der Waals surface area contributed by atoms with Crippen LogP contribution in [0, 0.1) is 5.92 Å². The first-order chi connectivity index (χ1) is 8.15. The second kappa shape index (κ2) is 5.05. The van der Waals surface area contributed by atoms with Crippen molar-refractivity contribution in [3.05, 3.63) is 11.1 Å². The summed E-state index contributed by atoms with van der Waals surface area (Å²) in [6.07, 6.45) is 0.497. The molecule has 0 bridgehead atoms. The quantitative estimate of drug-likeness (QED) is 0.664. The van der Waals surface area contributed by atoms with Crippen molar-refractivity contribution in [2.45, 2.75) is 6.42 Å². The summed E-state index contributed by atoms with van der Waals surface area (Å²) in [7, 11) is 1.30. The van der Waals surface area contributed by atoms with Crippen molar-refractivity contribution in [1.29, 1.82) is 0 Å². The summed E-state index contributed by atoms with van der Waals surface area (Å²) in [6.45, 7) is 0.621. The molecule has 1 aromatic rings. The maximum absolute atomic E-state index is 11.7. The average molecular weight is 272 g/mol. The van der Waals surface area contributed by atoms with Crippen LogP contribution in [0.15, 0.2) is 5.38 Å². The van der Waals surface area contributed by atoms with Gasteiger partial charge < -0.3 is 4.74 Å². The van der Waals surface area contributed by atoms with Gasteiger partial charge in [-0.25, -0.2) is 9.78 Å². The standard InChI is InChI=1S/C10H12N2O3S2/c1-15-9(14)7-5-17-10(11-7)12-3-6(4-16)2-8(12)13/h5-6,16H,2-4H2,1H3. The first-order valence-corrected chi connectivity index (χ1v) is 6.62. The van der Waals surface area contributed by atoms with E-state index in [-0.39, 0.29) is 17.5 Å². The molecule has 0 radical (unpaired) electrons. The van der Waals surface area contributed by atoms with Gasteiger partial charge in [0, 0.05) is 18.3 Å². The second-order valence-corrected chi connectivity index (χ2v) is 4.97. The minimum atomic E-state index is -0.482. The largest absolute Gasteiger partial charge is 0.464 e. The number of amides is 1. The van der Waals surface area contributed by atoms with Crippen LogP contribution in [-0.2, 0) is 9.53 Å². The van der Waals surface area contributed by atoms with E-state index in [0.29, 0.717) is 23.8 Å². The van der Waals surface area contributed by atoms with Gasteiger partial charge in [0.05, 0.1) is 7.11 Å². The Balaban J connectivity index is 2.15. The van der Waals surface area contributed by atoms with Crippen molar-refractivity contribution < 1.29 is 14.3 Å². The van der Waals surface area contributed by atoms with Crippen LogP contribution in [0.2, 0.25) is 0 Å². The molecule has 2 heterocycles. The van der Waals surface area contributed by atoms with E-state index in [1.165, 1.54) is 18.4 Å². The first-order valence-electron chi connectivity index (χ1n) is 5.10. The lowest BCUT2D eigenvalue weighted by Crippen LogP contribution is -2.24. The van der Waals surface area contributed by atoms with Gasteiger partial charge in [-0.1, -0.05) is 0 Å². The Hall–Kier alpha value is -1.08. The topological polar surface area (TPSA) is 59.5 Å². The van der Waals surface area contributed by atoms with Crippen LogP contribution in [0.1, 0.15) is 16.9 Å². The molecule has 17 heavy (non-hydrogen) atoms. The Morgan fingerprint density at radius 1 is 1.76 bits per heavy atom. The third-order valence-electron chi connectivity index (χ3n) is 2.58. The summed E-state index contributed by atoms with van der Waals surface area (Å²) < 4.78 is 4.57. The molecular weight excluding hydrogens is 260 g/mol. The molecule has 1 amide bonds. The smallest absolute Gasteiger partial charge is 0.357 e. The molecule has 0 aromatic carbocycles. The molecule has 92 valence electrons. The van der Waals surface area contributed by atoms with Gasteiger partial charge in [-0.15, -0.1) is 11.3 Å². The van der Waals surface area contributed by atoms with Crippen LogP contribution >= 0.6 is 24.0 Å². The Labute approximate surface area is 108 Å². The molecule has 1 fully saturated rings. The van der Waals surface area contributed by atoms with Crippen molar-refractivity contribution in [2.24, 2.45) is 5.92 Å². The highest BCUT2D eigenvalue weighted by Crippen LogP contribution is 2.28. The molecule has 1 saturated heterocycles. The highest BCUT2D eigenvalue weighted by Gasteiger charge is 2.31. The molecule has 0 N–H and O–H groups in total. The van der Waals surface area contributed by atoms with Crippen LogP contribution in [0.3, 0.4) is 0 Å². The summed E-state index contributed by atoms with van der Waals surface area (Å²) in [5.74, 6) is 0.494. The van der Waals surface area contributed by atoms with Gasteiger partial charge in [0.2, 0.25) is 5.91 Å². The Kier molecular flexibility index (Phi) is 3.68.